The summed E-state index contributed by atoms with van der Waals surface area (Å²) in [6.07, 6.45) is 2.16. The van der Waals surface area contributed by atoms with E-state index in [0.717, 1.165) is 12.0 Å². The Morgan fingerprint density at radius 3 is 2.32 bits per heavy atom. The number of benzene rings is 1. The minimum atomic E-state index is -3.84. The maximum Gasteiger partial charge on any atom is 0.413 e. The molecular weight excluding hydrogens is 498 g/mol. The number of primary sulfonamides is 1. The fourth-order valence-corrected chi connectivity index (χ4v) is 4.61. The van der Waals surface area contributed by atoms with E-state index in [-0.39, 0.29) is 22.7 Å². The first-order valence-corrected chi connectivity index (χ1v) is 13.4. The minimum Gasteiger partial charge on any atom is -0.444 e. The van der Waals surface area contributed by atoms with Crippen molar-refractivity contribution in [2.75, 3.05) is 17.2 Å². The second-order valence-electron chi connectivity index (χ2n) is 10.2. The molecule has 2 atom stereocenters. The molecule has 3 amide bonds. The van der Waals surface area contributed by atoms with E-state index in [1.54, 1.807) is 45.9 Å². The maximum atomic E-state index is 13.2. The molecule has 3 rings (SSSR count). The van der Waals surface area contributed by atoms with Gasteiger partial charge in [0.15, 0.2) is 0 Å². The van der Waals surface area contributed by atoms with Gasteiger partial charge in [0.25, 0.3) is 0 Å². The number of aromatic nitrogens is 1. The van der Waals surface area contributed by atoms with Crippen molar-refractivity contribution in [2.45, 2.75) is 64.0 Å². The Balaban J connectivity index is 1.73. The van der Waals surface area contributed by atoms with E-state index < -0.39 is 33.5 Å². The van der Waals surface area contributed by atoms with Crippen LogP contribution in [0.25, 0.3) is 0 Å². The number of hydrogen-bond acceptors (Lipinski definition) is 7. The van der Waals surface area contributed by atoms with Crippen molar-refractivity contribution in [1.29, 1.82) is 0 Å². The molecule has 0 radical (unpaired) electrons. The molecule has 1 aliphatic heterocycles. The highest BCUT2D eigenvalue weighted by Gasteiger charge is 2.34. The fourth-order valence-electron chi connectivity index (χ4n) is 4.09. The fraction of sp³-hybridized carbons (Fsp3) is 0.440. The van der Waals surface area contributed by atoms with Crippen LogP contribution in [0.1, 0.15) is 57.7 Å². The summed E-state index contributed by atoms with van der Waals surface area (Å²) in [5, 5.41) is 10.3. The van der Waals surface area contributed by atoms with Gasteiger partial charge in [0.2, 0.25) is 10.0 Å². The monoisotopic (exact) mass is 531 g/mol. The van der Waals surface area contributed by atoms with E-state index in [1.165, 1.54) is 23.2 Å². The highest BCUT2D eigenvalue weighted by atomic mass is 32.2. The number of rotatable bonds is 4. The van der Waals surface area contributed by atoms with Gasteiger partial charge in [0, 0.05) is 6.54 Å². The number of hydrogen-bond donors (Lipinski definition) is 3. The number of nitrogens with two attached hydrogens (primary N) is 1. The average Bonchev–Trinajstić information content (AvgIpc) is 2.78. The molecule has 11 nitrogen and oxygen atoms in total. The Labute approximate surface area is 216 Å². The molecule has 0 aliphatic carbocycles. The van der Waals surface area contributed by atoms with Crippen LogP contribution in [0.3, 0.4) is 0 Å². The van der Waals surface area contributed by atoms with Gasteiger partial charge in [0.05, 0.1) is 22.8 Å². The smallest absolute Gasteiger partial charge is 0.413 e. The Morgan fingerprint density at radius 2 is 1.76 bits per heavy atom. The largest absolute Gasteiger partial charge is 0.444 e. The zero-order valence-electron chi connectivity index (χ0n) is 21.6. The number of aryl methyl sites for hydroxylation is 1. The van der Waals surface area contributed by atoms with Gasteiger partial charge in [-0.1, -0.05) is 19.1 Å². The van der Waals surface area contributed by atoms with E-state index in [2.05, 4.69) is 15.6 Å². The number of nitrogens with one attached hydrogen (secondary N) is 2. The molecule has 1 fully saturated rings. The zero-order valence-corrected chi connectivity index (χ0v) is 22.4. The molecule has 1 aromatic carbocycles. The standard InChI is InChI=1S/C25H33N5O6S/c1-15-6-11-20(17-7-9-19(10-8-17)37(26,34)35)30(14-15)23(32)22(31)28-18-12-16(2)21(27-13-18)29-24(33)36-25(3,4)5/h7-10,12-13,15,20H,6,11,14H2,1-5H3,(H,28,31)(H2,26,34,35)(H,27,29,33)/t15-,20+/m1/s1. The number of carbonyl (C=O) groups excluding carboxylic acids is 3. The second-order valence-corrected chi connectivity index (χ2v) is 11.8. The van der Waals surface area contributed by atoms with Crippen LogP contribution in [0.4, 0.5) is 16.3 Å². The van der Waals surface area contributed by atoms with Crippen LogP contribution in [-0.2, 0) is 24.3 Å². The molecule has 2 aromatic rings. The van der Waals surface area contributed by atoms with Gasteiger partial charge in [-0.2, -0.15) is 0 Å². The molecule has 12 heteroatoms. The van der Waals surface area contributed by atoms with Crippen LogP contribution >= 0.6 is 0 Å². The second kappa shape index (κ2) is 10.9. The van der Waals surface area contributed by atoms with E-state index in [1.807, 2.05) is 6.92 Å². The molecule has 0 bridgehead atoms. The van der Waals surface area contributed by atoms with Gasteiger partial charge in [-0.25, -0.2) is 23.3 Å². The molecule has 0 unspecified atom stereocenters. The molecule has 1 saturated heterocycles. The van der Waals surface area contributed by atoms with Crippen LogP contribution in [0.15, 0.2) is 41.4 Å². The molecule has 0 saturated carbocycles. The van der Waals surface area contributed by atoms with Crippen molar-refractivity contribution in [3.8, 4) is 0 Å². The van der Waals surface area contributed by atoms with Crippen molar-refractivity contribution in [1.82, 2.24) is 9.88 Å². The third kappa shape index (κ3) is 7.49. The molecule has 37 heavy (non-hydrogen) atoms. The summed E-state index contributed by atoms with van der Waals surface area (Å²) in [5.41, 5.74) is 0.913. The molecule has 1 aromatic heterocycles. The number of pyridine rings is 1. The summed E-state index contributed by atoms with van der Waals surface area (Å²) in [6.45, 7) is 9.32. The zero-order chi connectivity index (χ0) is 27.5. The van der Waals surface area contributed by atoms with Crippen molar-refractivity contribution in [3.63, 3.8) is 0 Å². The van der Waals surface area contributed by atoms with E-state index >= 15 is 0 Å². The first kappa shape index (κ1) is 28.1. The number of anilines is 2. The summed E-state index contributed by atoms with van der Waals surface area (Å²) >= 11 is 0. The average molecular weight is 532 g/mol. The number of sulfonamides is 1. The number of piperidine rings is 1. The van der Waals surface area contributed by atoms with E-state index in [4.69, 9.17) is 9.88 Å². The van der Waals surface area contributed by atoms with Gasteiger partial charge < -0.3 is 15.0 Å². The SMILES string of the molecule is Cc1cc(NC(=O)C(=O)N2C[C@H](C)CC[C@H]2c2ccc(S(N)(=O)=O)cc2)cnc1NC(=O)OC(C)(C)C. The Hall–Kier alpha value is -3.51. The first-order valence-electron chi connectivity index (χ1n) is 11.9. The molecule has 4 N–H and O–H groups in total. The summed E-state index contributed by atoms with van der Waals surface area (Å²) in [7, 11) is -3.84. The molecule has 2 heterocycles. The molecule has 0 spiro atoms. The first-order chi connectivity index (χ1) is 17.1. The van der Waals surface area contributed by atoms with Crippen LogP contribution in [-0.4, -0.2) is 48.4 Å². The Bertz CT molecular complexity index is 1290. The quantitative estimate of drug-likeness (QED) is 0.510. The van der Waals surface area contributed by atoms with Crippen LogP contribution in [0, 0.1) is 12.8 Å². The van der Waals surface area contributed by atoms with Gasteiger partial charge in [-0.3, -0.25) is 14.9 Å². The summed E-state index contributed by atoms with van der Waals surface area (Å²) < 4.78 is 28.4. The van der Waals surface area contributed by atoms with E-state index in [9.17, 15) is 22.8 Å². The lowest BCUT2D eigenvalue weighted by Crippen LogP contribution is -2.46. The number of nitrogens with zero attached hydrogens (tertiary/aromatic N) is 2. The Morgan fingerprint density at radius 1 is 1.11 bits per heavy atom. The number of carbonyl (C=O) groups is 3. The normalized spacial score (nSPS) is 18.2. The summed E-state index contributed by atoms with van der Waals surface area (Å²) in [6, 6.07) is 7.22. The highest BCUT2D eigenvalue weighted by molar-refractivity contribution is 7.89. The predicted molar refractivity (Wildman–Crippen MR) is 138 cm³/mol. The van der Waals surface area contributed by atoms with Crippen LogP contribution in [0.2, 0.25) is 0 Å². The number of ether oxygens (including phenoxy) is 1. The molecule has 200 valence electrons. The molecular formula is C25H33N5O6S. The van der Waals surface area contributed by atoms with Gasteiger partial charge in [-0.05, 0) is 75.8 Å². The Kier molecular flexibility index (Phi) is 8.23. The van der Waals surface area contributed by atoms with Crippen LogP contribution in [0.5, 0.6) is 0 Å². The minimum absolute atomic E-state index is 0.0245. The topological polar surface area (TPSA) is 161 Å². The van der Waals surface area contributed by atoms with Crippen molar-refractivity contribution in [3.05, 3.63) is 47.7 Å². The maximum absolute atomic E-state index is 13.2. The van der Waals surface area contributed by atoms with Crippen molar-refractivity contribution >= 4 is 39.4 Å². The lowest BCUT2D eigenvalue weighted by Gasteiger charge is -2.38. The van der Waals surface area contributed by atoms with Crippen molar-refractivity contribution < 1.29 is 27.5 Å². The summed E-state index contributed by atoms with van der Waals surface area (Å²) in [4.78, 5) is 43.8. The van der Waals surface area contributed by atoms with Crippen LogP contribution < -0.4 is 15.8 Å². The highest BCUT2D eigenvalue weighted by Crippen LogP contribution is 2.34. The number of likely N-dealkylation sites (tertiary alicyclic amines) is 1. The van der Waals surface area contributed by atoms with Gasteiger partial charge in [-0.15, -0.1) is 0 Å². The third-order valence-electron chi connectivity index (χ3n) is 5.82. The number of amides is 3. The van der Waals surface area contributed by atoms with Crippen molar-refractivity contribution in [2.24, 2.45) is 11.1 Å². The predicted octanol–water partition coefficient (Wildman–Crippen LogP) is 3.32. The lowest BCUT2D eigenvalue weighted by molar-refractivity contribution is -0.146. The van der Waals surface area contributed by atoms with E-state index in [0.29, 0.717) is 24.2 Å². The lowest BCUT2D eigenvalue weighted by atomic mass is 9.90. The third-order valence-corrected chi connectivity index (χ3v) is 6.75. The molecule has 1 aliphatic rings. The summed E-state index contributed by atoms with van der Waals surface area (Å²) in [5.74, 6) is -1.07. The van der Waals surface area contributed by atoms with Gasteiger partial charge in [0.1, 0.15) is 11.4 Å². The van der Waals surface area contributed by atoms with Gasteiger partial charge >= 0.3 is 17.9 Å².